The van der Waals surface area contributed by atoms with Crippen LogP contribution in [0.3, 0.4) is 0 Å². The Bertz CT molecular complexity index is 2780. The van der Waals surface area contributed by atoms with Crippen LogP contribution in [0, 0.1) is 26.0 Å². The smallest absolute Gasteiger partial charge is 0.509 e. The van der Waals surface area contributed by atoms with Crippen LogP contribution in [0.2, 0.25) is 0 Å². The zero-order valence-electron chi connectivity index (χ0n) is 31.8. The quantitative estimate of drug-likeness (QED) is 0.108. The molecule has 0 unspecified atom stereocenters. The molecule has 0 aliphatic carbocycles. The first-order chi connectivity index (χ1) is 27.0. The van der Waals surface area contributed by atoms with Gasteiger partial charge in [-0.3, -0.25) is 4.68 Å². The minimum Gasteiger partial charge on any atom is -0.509 e. The van der Waals surface area contributed by atoms with Crippen molar-refractivity contribution >= 4 is 21.8 Å². The van der Waals surface area contributed by atoms with Crippen LogP contribution in [-0.4, -0.2) is 19.3 Å². The van der Waals surface area contributed by atoms with Gasteiger partial charge in [-0.05, 0) is 76.9 Å². The minimum absolute atomic E-state index is 0. The predicted molar refractivity (Wildman–Crippen MR) is 224 cm³/mol. The van der Waals surface area contributed by atoms with E-state index < -0.39 is 0 Å². The van der Waals surface area contributed by atoms with Crippen LogP contribution in [0.15, 0.2) is 146 Å². The summed E-state index contributed by atoms with van der Waals surface area (Å²) in [5, 5.41) is 7.57. The van der Waals surface area contributed by atoms with Gasteiger partial charge in [0, 0.05) is 40.0 Å². The third-order valence-corrected chi connectivity index (χ3v) is 10.3. The first-order valence-electron chi connectivity index (χ1n) is 19.0. The van der Waals surface area contributed by atoms with Crippen LogP contribution in [0.25, 0.3) is 66.7 Å². The van der Waals surface area contributed by atoms with E-state index in [4.69, 9.17) is 14.8 Å². The summed E-state index contributed by atoms with van der Waals surface area (Å²) in [6, 6.07) is 56.0. The van der Waals surface area contributed by atoms with Gasteiger partial charge in [0.15, 0.2) is 0 Å². The number of hydrogen-bond acceptors (Lipinski definition) is 3. The molecule has 0 radical (unpaired) electrons. The molecule has 0 bridgehead atoms. The normalized spacial score (nSPS) is 11.2. The molecule has 3 heterocycles. The number of benzene rings is 6. The second-order valence-corrected chi connectivity index (χ2v) is 14.0. The van der Waals surface area contributed by atoms with Gasteiger partial charge >= 0.3 is 20.4 Å². The molecule has 0 N–H and O–H groups in total. The zero-order chi connectivity index (χ0) is 37.5. The molecule has 0 atom stereocenters. The Morgan fingerprint density at radius 1 is 0.607 bits per heavy atom. The molecule has 0 aliphatic heterocycles. The largest absolute Gasteiger partial charge is 2.00 e. The first kappa shape index (κ1) is 36.9. The van der Waals surface area contributed by atoms with Gasteiger partial charge < -0.3 is 9.30 Å². The summed E-state index contributed by atoms with van der Waals surface area (Å²) in [7, 11) is 0. The van der Waals surface area contributed by atoms with Crippen molar-refractivity contribution in [1.29, 1.82) is 0 Å². The van der Waals surface area contributed by atoms with E-state index in [1.807, 2.05) is 24.4 Å². The van der Waals surface area contributed by atoms with Gasteiger partial charge in [0.2, 0.25) is 0 Å². The van der Waals surface area contributed by atoms with Gasteiger partial charge in [0.1, 0.15) is 5.82 Å². The molecule has 0 aliphatic rings. The summed E-state index contributed by atoms with van der Waals surface area (Å²) in [4.78, 5) is 4.74. The van der Waals surface area contributed by atoms with Crippen molar-refractivity contribution in [2.45, 2.75) is 40.5 Å². The van der Waals surface area contributed by atoms with Crippen LogP contribution in [0.1, 0.15) is 36.4 Å². The summed E-state index contributed by atoms with van der Waals surface area (Å²) in [6.07, 6.45) is 3.41. The number of ether oxygens (including phenoxy) is 1. The predicted octanol–water partition coefficient (Wildman–Crippen LogP) is 12.5. The van der Waals surface area contributed by atoms with Gasteiger partial charge in [-0.2, -0.15) is 16.7 Å². The summed E-state index contributed by atoms with van der Waals surface area (Å²) < 4.78 is 10.9. The van der Waals surface area contributed by atoms with Gasteiger partial charge in [-0.15, -0.1) is 35.7 Å². The SMILES string of the molecule is CCc1nn(-c2[c-]c(Oc3[c-]c4c(cc3)c3ccccc3n4-c3cc(C)ccn3)cc(C)c2)c(CC)c1-c1c(-c2ccccc2)cccc1-c1ccccc1.[Pd+2]. The van der Waals surface area contributed by atoms with Gasteiger partial charge in [0.05, 0.1) is 5.69 Å². The molecular weight excluding hydrogens is 779 g/mol. The fourth-order valence-electron chi connectivity index (χ4n) is 7.87. The van der Waals surface area contributed by atoms with Crippen LogP contribution in [-0.2, 0) is 33.3 Å². The summed E-state index contributed by atoms with van der Waals surface area (Å²) in [5.74, 6) is 2.06. The summed E-state index contributed by atoms with van der Waals surface area (Å²) >= 11 is 0. The van der Waals surface area contributed by atoms with E-state index in [-0.39, 0.29) is 20.4 Å². The van der Waals surface area contributed by atoms with Crippen molar-refractivity contribution in [3.05, 3.63) is 180 Å². The maximum absolute atomic E-state index is 6.63. The average molecular weight is 819 g/mol. The maximum atomic E-state index is 6.63. The minimum atomic E-state index is 0. The number of aromatic nitrogens is 4. The van der Waals surface area contributed by atoms with Crippen molar-refractivity contribution < 1.29 is 25.2 Å². The second kappa shape index (κ2) is 15.6. The van der Waals surface area contributed by atoms with Crippen LogP contribution in [0.4, 0.5) is 0 Å². The first-order valence-corrected chi connectivity index (χ1v) is 19.0. The molecule has 0 fully saturated rings. The molecule has 9 rings (SSSR count). The Kier molecular flexibility index (Phi) is 10.3. The fourth-order valence-corrected chi connectivity index (χ4v) is 7.87. The van der Waals surface area contributed by atoms with Crippen LogP contribution >= 0.6 is 0 Å². The van der Waals surface area contributed by atoms with Crippen molar-refractivity contribution in [3.8, 4) is 56.4 Å². The maximum Gasteiger partial charge on any atom is 2.00 e. The second-order valence-electron chi connectivity index (χ2n) is 14.0. The van der Waals surface area contributed by atoms with E-state index >= 15 is 0 Å². The topological polar surface area (TPSA) is 44.9 Å². The fraction of sp³-hybridized carbons (Fsp3) is 0.120. The molecule has 0 saturated heterocycles. The number of para-hydroxylation sites is 1. The van der Waals surface area contributed by atoms with E-state index in [1.165, 1.54) is 33.4 Å². The molecule has 56 heavy (non-hydrogen) atoms. The van der Waals surface area contributed by atoms with Crippen LogP contribution in [0.5, 0.6) is 11.5 Å². The molecule has 5 nitrogen and oxygen atoms in total. The number of hydrogen-bond donors (Lipinski definition) is 0. The van der Waals surface area contributed by atoms with Crippen LogP contribution < -0.4 is 4.74 Å². The molecule has 0 amide bonds. The summed E-state index contributed by atoms with van der Waals surface area (Å²) in [6.45, 7) is 8.58. The van der Waals surface area contributed by atoms with E-state index in [9.17, 15) is 0 Å². The third-order valence-electron chi connectivity index (χ3n) is 10.3. The van der Waals surface area contributed by atoms with Gasteiger partial charge in [-0.25, -0.2) is 4.98 Å². The number of pyridine rings is 1. The standard InChI is InChI=1S/C50H40N4O.Pd/c1-5-44-50(49-40(35-16-9-7-10-17-35)21-15-22-41(49)36-18-11-8-12-19-36)45(6-2)54(52-44)37-28-34(4)29-39(31-37)55-38-24-25-43-42-20-13-14-23-46(42)53(47(43)32-38)48-30-33(3)26-27-51-48;/h7-30H,5-6H2,1-4H3;/q-2;+2. The molecular formula is C50H40N4OPd. The number of aryl methyl sites for hydroxylation is 3. The Morgan fingerprint density at radius 2 is 1.30 bits per heavy atom. The molecule has 6 heteroatoms. The number of nitrogens with zero attached hydrogens (tertiary/aromatic N) is 4. The monoisotopic (exact) mass is 818 g/mol. The van der Waals surface area contributed by atoms with E-state index in [0.717, 1.165) is 68.7 Å². The van der Waals surface area contributed by atoms with E-state index in [0.29, 0.717) is 11.5 Å². The Hall–Kier alpha value is -6.06. The van der Waals surface area contributed by atoms with Crippen molar-refractivity contribution in [2.24, 2.45) is 0 Å². The molecule has 0 spiro atoms. The Labute approximate surface area is 341 Å². The molecule has 6 aromatic carbocycles. The molecule has 9 aromatic rings. The number of fused-ring (bicyclic) bond motifs is 3. The average Bonchev–Trinajstić information content (AvgIpc) is 3.76. The summed E-state index contributed by atoms with van der Waals surface area (Å²) in [5.41, 5.74) is 14.3. The van der Waals surface area contributed by atoms with E-state index in [1.54, 1.807) is 0 Å². The van der Waals surface area contributed by atoms with Crippen molar-refractivity contribution in [1.82, 2.24) is 19.3 Å². The van der Waals surface area contributed by atoms with E-state index in [2.05, 4.69) is 170 Å². The Morgan fingerprint density at radius 3 is 1.98 bits per heavy atom. The molecule has 0 saturated carbocycles. The molecule has 3 aromatic heterocycles. The van der Waals surface area contributed by atoms with Crippen molar-refractivity contribution in [2.75, 3.05) is 0 Å². The third kappa shape index (κ3) is 6.66. The molecule has 276 valence electrons. The number of rotatable bonds is 9. The zero-order valence-corrected chi connectivity index (χ0v) is 33.3. The van der Waals surface area contributed by atoms with Gasteiger partial charge in [0.25, 0.3) is 0 Å². The van der Waals surface area contributed by atoms with Gasteiger partial charge in [-0.1, -0.05) is 123 Å². The van der Waals surface area contributed by atoms with Crippen molar-refractivity contribution in [3.63, 3.8) is 0 Å². The Balaban J connectivity index is 0.00000441.